The summed E-state index contributed by atoms with van der Waals surface area (Å²) in [6.45, 7) is 3.16. The van der Waals surface area contributed by atoms with E-state index in [1.165, 1.54) is 19.3 Å². The van der Waals surface area contributed by atoms with Gasteiger partial charge in [-0.2, -0.15) is 0 Å². The molecule has 16 heavy (non-hydrogen) atoms. The van der Waals surface area contributed by atoms with E-state index in [-0.39, 0.29) is 12.2 Å². The van der Waals surface area contributed by atoms with Gasteiger partial charge in [-0.15, -0.1) is 0 Å². The summed E-state index contributed by atoms with van der Waals surface area (Å²) in [7, 11) is 3.54. The van der Waals surface area contributed by atoms with Crippen LogP contribution < -0.4 is 5.73 Å². The molecule has 0 bridgehead atoms. The van der Waals surface area contributed by atoms with Gasteiger partial charge < -0.3 is 15.2 Å². The summed E-state index contributed by atoms with van der Waals surface area (Å²) in [5.41, 5.74) is 5.94. The zero-order valence-electron chi connectivity index (χ0n) is 10.4. The molecule has 0 aromatic carbocycles. The highest BCUT2D eigenvalue weighted by Gasteiger charge is 2.34. The number of nitrogens with zero attached hydrogens (tertiary/aromatic N) is 1. The third kappa shape index (κ3) is 2.74. The number of ether oxygens (including phenoxy) is 2. The molecule has 1 saturated carbocycles. The summed E-state index contributed by atoms with van der Waals surface area (Å²) in [6, 6.07) is 0.434. The quantitative estimate of drug-likeness (QED) is 0.759. The average Bonchev–Trinajstić information content (AvgIpc) is 2.85. The number of methoxy groups -OCH3 is 2. The van der Waals surface area contributed by atoms with Crippen molar-refractivity contribution in [1.82, 2.24) is 4.90 Å². The molecule has 94 valence electrons. The minimum absolute atomic E-state index is 0.236. The monoisotopic (exact) mass is 228 g/mol. The molecule has 4 unspecified atom stereocenters. The molecule has 2 N–H and O–H groups in total. The summed E-state index contributed by atoms with van der Waals surface area (Å²) >= 11 is 0. The standard InChI is InChI=1S/C12H24N2O2/c1-15-11-7-14(8-12(11)16-2)6-9-3-4-10(13)5-9/h9-12H,3-8,13H2,1-2H3. The first-order valence-electron chi connectivity index (χ1n) is 6.26. The average molecular weight is 228 g/mol. The van der Waals surface area contributed by atoms with E-state index in [2.05, 4.69) is 4.90 Å². The zero-order valence-corrected chi connectivity index (χ0v) is 10.4. The van der Waals surface area contributed by atoms with E-state index < -0.39 is 0 Å². The number of rotatable bonds is 4. The highest BCUT2D eigenvalue weighted by molar-refractivity contribution is 4.88. The first kappa shape index (κ1) is 12.3. The van der Waals surface area contributed by atoms with Crippen LogP contribution in [0.25, 0.3) is 0 Å². The lowest BCUT2D eigenvalue weighted by Crippen LogP contribution is -2.28. The number of hydrogen-bond acceptors (Lipinski definition) is 4. The van der Waals surface area contributed by atoms with Crippen LogP contribution in [0.5, 0.6) is 0 Å². The first-order chi connectivity index (χ1) is 7.72. The van der Waals surface area contributed by atoms with E-state index in [1.54, 1.807) is 14.2 Å². The first-order valence-corrected chi connectivity index (χ1v) is 6.26. The van der Waals surface area contributed by atoms with Crippen LogP contribution in [0, 0.1) is 5.92 Å². The molecule has 1 heterocycles. The molecule has 4 heteroatoms. The highest BCUT2D eigenvalue weighted by atomic mass is 16.5. The second kappa shape index (κ2) is 5.45. The molecule has 0 spiro atoms. The van der Waals surface area contributed by atoms with Crippen LogP contribution >= 0.6 is 0 Å². The van der Waals surface area contributed by atoms with Gasteiger partial charge in [0.2, 0.25) is 0 Å². The molecule has 0 amide bonds. The molecule has 4 atom stereocenters. The van der Waals surface area contributed by atoms with Crippen LogP contribution in [-0.2, 0) is 9.47 Å². The van der Waals surface area contributed by atoms with Crippen LogP contribution in [0.4, 0.5) is 0 Å². The Hall–Kier alpha value is -0.160. The van der Waals surface area contributed by atoms with E-state index in [4.69, 9.17) is 15.2 Å². The number of nitrogens with two attached hydrogens (primary N) is 1. The lowest BCUT2D eigenvalue weighted by Gasteiger charge is -2.19. The molecule has 0 radical (unpaired) electrons. The molecule has 0 aromatic rings. The molecular formula is C12H24N2O2. The van der Waals surface area contributed by atoms with Crippen LogP contribution in [0.15, 0.2) is 0 Å². The minimum atomic E-state index is 0.236. The van der Waals surface area contributed by atoms with Crippen LogP contribution in [-0.4, -0.2) is 57.0 Å². The van der Waals surface area contributed by atoms with Gasteiger partial charge in [0.25, 0.3) is 0 Å². The van der Waals surface area contributed by atoms with Gasteiger partial charge in [0.1, 0.15) is 0 Å². The van der Waals surface area contributed by atoms with E-state index in [0.29, 0.717) is 6.04 Å². The largest absolute Gasteiger partial charge is 0.377 e. The van der Waals surface area contributed by atoms with Gasteiger partial charge in [-0.3, -0.25) is 4.90 Å². The Morgan fingerprint density at radius 2 is 1.75 bits per heavy atom. The van der Waals surface area contributed by atoms with E-state index >= 15 is 0 Å². The van der Waals surface area contributed by atoms with Gasteiger partial charge in [0.15, 0.2) is 0 Å². The Balaban J connectivity index is 1.79. The van der Waals surface area contributed by atoms with Crippen molar-refractivity contribution >= 4 is 0 Å². The smallest absolute Gasteiger partial charge is 0.0971 e. The molecule has 1 aliphatic carbocycles. The van der Waals surface area contributed by atoms with Gasteiger partial charge in [-0.25, -0.2) is 0 Å². The van der Waals surface area contributed by atoms with Crippen LogP contribution in [0.1, 0.15) is 19.3 Å². The second-order valence-electron chi connectivity index (χ2n) is 5.21. The zero-order chi connectivity index (χ0) is 11.5. The maximum absolute atomic E-state index is 5.94. The van der Waals surface area contributed by atoms with Gasteiger partial charge in [-0.05, 0) is 25.2 Å². The molecule has 2 fully saturated rings. The second-order valence-corrected chi connectivity index (χ2v) is 5.21. The fourth-order valence-corrected chi connectivity index (χ4v) is 3.06. The number of likely N-dealkylation sites (tertiary alicyclic amines) is 1. The SMILES string of the molecule is COC1CN(CC2CCC(N)C2)CC1OC. The Labute approximate surface area is 98.1 Å². The third-order valence-corrected chi connectivity index (χ3v) is 3.99. The molecule has 2 aliphatic rings. The van der Waals surface area contributed by atoms with E-state index in [0.717, 1.165) is 25.6 Å². The Morgan fingerprint density at radius 3 is 2.19 bits per heavy atom. The van der Waals surface area contributed by atoms with Crippen molar-refractivity contribution in [1.29, 1.82) is 0 Å². The van der Waals surface area contributed by atoms with Gasteiger partial charge in [-0.1, -0.05) is 0 Å². The number of hydrogen-bond donors (Lipinski definition) is 1. The van der Waals surface area contributed by atoms with Crippen molar-refractivity contribution in [3.05, 3.63) is 0 Å². The van der Waals surface area contributed by atoms with Crippen molar-refractivity contribution in [2.45, 2.75) is 37.5 Å². The summed E-state index contributed by atoms with van der Waals surface area (Å²) in [6.07, 6.45) is 4.14. The molecular weight excluding hydrogens is 204 g/mol. The summed E-state index contributed by atoms with van der Waals surface area (Å²) in [5.74, 6) is 0.781. The fourth-order valence-electron chi connectivity index (χ4n) is 3.06. The normalized spacial score (nSPS) is 40.7. The van der Waals surface area contributed by atoms with Crippen molar-refractivity contribution in [2.75, 3.05) is 33.9 Å². The summed E-state index contributed by atoms with van der Waals surface area (Å²) < 4.78 is 10.9. The Bertz CT molecular complexity index is 213. The van der Waals surface area contributed by atoms with Gasteiger partial charge in [0.05, 0.1) is 12.2 Å². The molecule has 2 rings (SSSR count). The van der Waals surface area contributed by atoms with Gasteiger partial charge in [0, 0.05) is 39.9 Å². The lowest BCUT2D eigenvalue weighted by molar-refractivity contribution is -0.00461. The van der Waals surface area contributed by atoms with Crippen molar-refractivity contribution in [3.63, 3.8) is 0 Å². The highest BCUT2D eigenvalue weighted by Crippen LogP contribution is 2.27. The molecule has 0 aromatic heterocycles. The maximum Gasteiger partial charge on any atom is 0.0971 e. The fraction of sp³-hybridized carbons (Fsp3) is 1.00. The van der Waals surface area contributed by atoms with Gasteiger partial charge >= 0.3 is 0 Å². The molecule has 1 aliphatic heterocycles. The van der Waals surface area contributed by atoms with Crippen molar-refractivity contribution in [2.24, 2.45) is 11.7 Å². The van der Waals surface area contributed by atoms with E-state index in [9.17, 15) is 0 Å². The minimum Gasteiger partial charge on any atom is -0.377 e. The molecule has 4 nitrogen and oxygen atoms in total. The maximum atomic E-state index is 5.94. The summed E-state index contributed by atoms with van der Waals surface area (Å²) in [4.78, 5) is 2.46. The topological polar surface area (TPSA) is 47.7 Å². The van der Waals surface area contributed by atoms with E-state index in [1.807, 2.05) is 0 Å². The van der Waals surface area contributed by atoms with Crippen molar-refractivity contribution < 1.29 is 9.47 Å². The Kier molecular flexibility index (Phi) is 4.19. The predicted molar refractivity (Wildman–Crippen MR) is 63.4 cm³/mol. The summed E-state index contributed by atoms with van der Waals surface area (Å²) in [5, 5.41) is 0. The van der Waals surface area contributed by atoms with Crippen molar-refractivity contribution in [3.8, 4) is 0 Å². The molecule has 1 saturated heterocycles. The lowest BCUT2D eigenvalue weighted by atomic mass is 10.1. The third-order valence-electron chi connectivity index (χ3n) is 3.99. The Morgan fingerprint density at radius 1 is 1.12 bits per heavy atom. The predicted octanol–water partition coefficient (Wildman–Crippen LogP) is 0.459. The van der Waals surface area contributed by atoms with Crippen LogP contribution in [0.3, 0.4) is 0 Å². The van der Waals surface area contributed by atoms with Crippen LogP contribution in [0.2, 0.25) is 0 Å².